The summed E-state index contributed by atoms with van der Waals surface area (Å²) in [5.74, 6) is 0.702. The highest BCUT2D eigenvalue weighted by Gasteiger charge is 2.27. The molecule has 2 aliphatic rings. The molecule has 1 amide bonds. The number of hydrogen-bond acceptors (Lipinski definition) is 3. The molecule has 0 aliphatic carbocycles. The number of amides is 1. The van der Waals surface area contributed by atoms with Gasteiger partial charge in [0.05, 0.1) is 5.52 Å². The fourth-order valence-electron chi connectivity index (χ4n) is 5.29. The minimum Gasteiger partial charge on any atom is -0.338 e. The molecule has 2 fully saturated rings. The van der Waals surface area contributed by atoms with Crippen LogP contribution >= 0.6 is 0 Å². The maximum atomic E-state index is 13.5. The Hall–Kier alpha value is -2.72. The maximum absolute atomic E-state index is 13.5. The molecular weight excluding hydrogens is 382 g/mol. The first kappa shape index (κ1) is 20.2. The zero-order chi connectivity index (χ0) is 21.0. The van der Waals surface area contributed by atoms with Gasteiger partial charge in [-0.1, -0.05) is 36.4 Å². The molecule has 0 N–H and O–H groups in total. The number of carbonyl (C=O) groups is 1. The summed E-state index contributed by atoms with van der Waals surface area (Å²) in [5, 5.41) is 1.24. The standard InChI is InChI=1S/C27H31N3O/c31-27(25-11-2-1-9-23(25)20-29-15-3-4-16-29)30-17-7-8-21(19-30)18-22-10-5-13-26-24(22)12-6-14-28-26/h1-2,5-6,9-14,21H,3-4,7-8,15-20H2. The van der Waals surface area contributed by atoms with Crippen molar-refractivity contribution in [2.45, 2.75) is 38.6 Å². The molecule has 31 heavy (non-hydrogen) atoms. The summed E-state index contributed by atoms with van der Waals surface area (Å²) in [4.78, 5) is 22.6. The quantitative estimate of drug-likeness (QED) is 0.595. The van der Waals surface area contributed by atoms with E-state index < -0.39 is 0 Å². The third kappa shape index (κ3) is 4.49. The van der Waals surface area contributed by atoms with E-state index in [1.54, 1.807) is 0 Å². The van der Waals surface area contributed by atoms with Crippen LogP contribution in [0.15, 0.2) is 60.8 Å². The van der Waals surface area contributed by atoms with Crippen LogP contribution in [0.5, 0.6) is 0 Å². The summed E-state index contributed by atoms with van der Waals surface area (Å²) < 4.78 is 0. The van der Waals surface area contributed by atoms with E-state index >= 15 is 0 Å². The van der Waals surface area contributed by atoms with Crippen molar-refractivity contribution < 1.29 is 4.79 Å². The van der Waals surface area contributed by atoms with E-state index in [4.69, 9.17) is 0 Å². The fraction of sp³-hybridized carbons (Fsp3) is 0.407. The Balaban J connectivity index is 1.31. The Labute approximate surface area is 184 Å². The van der Waals surface area contributed by atoms with Crippen molar-refractivity contribution in [1.29, 1.82) is 0 Å². The number of carbonyl (C=O) groups excluding carboxylic acids is 1. The van der Waals surface area contributed by atoms with Crippen molar-refractivity contribution in [3.05, 3.63) is 77.5 Å². The summed E-state index contributed by atoms with van der Waals surface area (Å²) in [6, 6.07) is 18.8. The van der Waals surface area contributed by atoms with Crippen LogP contribution in [0.3, 0.4) is 0 Å². The smallest absolute Gasteiger partial charge is 0.254 e. The number of fused-ring (bicyclic) bond motifs is 1. The Morgan fingerprint density at radius 1 is 0.903 bits per heavy atom. The van der Waals surface area contributed by atoms with E-state index in [1.165, 1.54) is 35.8 Å². The van der Waals surface area contributed by atoms with E-state index in [0.29, 0.717) is 5.92 Å². The number of piperidine rings is 1. The van der Waals surface area contributed by atoms with Crippen LogP contribution in [0.2, 0.25) is 0 Å². The van der Waals surface area contributed by atoms with Crippen molar-refractivity contribution in [2.24, 2.45) is 5.92 Å². The summed E-state index contributed by atoms with van der Waals surface area (Å²) in [6.07, 6.45) is 7.65. The average molecular weight is 414 g/mol. The first-order valence-electron chi connectivity index (χ1n) is 11.7. The lowest BCUT2D eigenvalue weighted by Crippen LogP contribution is -2.41. The second-order valence-corrected chi connectivity index (χ2v) is 9.09. The minimum absolute atomic E-state index is 0.207. The molecule has 0 saturated carbocycles. The molecule has 4 heteroatoms. The number of rotatable bonds is 5. The molecule has 1 aromatic heterocycles. The average Bonchev–Trinajstić information content (AvgIpc) is 3.33. The zero-order valence-electron chi connectivity index (χ0n) is 18.2. The second kappa shape index (κ2) is 9.19. The third-order valence-electron chi connectivity index (χ3n) is 6.89. The highest BCUT2D eigenvalue weighted by Crippen LogP contribution is 2.27. The van der Waals surface area contributed by atoms with E-state index in [0.717, 1.165) is 56.6 Å². The highest BCUT2D eigenvalue weighted by atomic mass is 16.2. The lowest BCUT2D eigenvalue weighted by Gasteiger charge is -2.33. The molecule has 2 aromatic carbocycles. The van der Waals surface area contributed by atoms with Crippen LogP contribution in [0.4, 0.5) is 0 Å². The Kier molecular flexibility index (Phi) is 5.99. The van der Waals surface area contributed by atoms with Crippen molar-refractivity contribution in [1.82, 2.24) is 14.8 Å². The molecule has 160 valence electrons. The summed E-state index contributed by atoms with van der Waals surface area (Å²) >= 11 is 0. The van der Waals surface area contributed by atoms with Crippen LogP contribution in [-0.2, 0) is 13.0 Å². The second-order valence-electron chi connectivity index (χ2n) is 9.09. The first-order chi connectivity index (χ1) is 15.3. The van der Waals surface area contributed by atoms with Crippen molar-refractivity contribution >= 4 is 16.8 Å². The largest absolute Gasteiger partial charge is 0.338 e. The van der Waals surface area contributed by atoms with Crippen LogP contribution in [0.1, 0.15) is 47.2 Å². The van der Waals surface area contributed by atoms with Crippen molar-refractivity contribution in [2.75, 3.05) is 26.2 Å². The number of aromatic nitrogens is 1. The number of nitrogens with zero attached hydrogens (tertiary/aromatic N) is 3. The van der Waals surface area contributed by atoms with Gasteiger partial charge in [0, 0.05) is 36.8 Å². The van der Waals surface area contributed by atoms with Gasteiger partial charge in [-0.2, -0.15) is 0 Å². The molecule has 4 nitrogen and oxygen atoms in total. The molecule has 5 rings (SSSR count). The lowest BCUT2D eigenvalue weighted by molar-refractivity contribution is 0.0671. The van der Waals surface area contributed by atoms with Crippen LogP contribution in [-0.4, -0.2) is 46.9 Å². The van der Waals surface area contributed by atoms with Gasteiger partial charge >= 0.3 is 0 Å². The Bertz CT molecular complexity index is 1050. The number of likely N-dealkylation sites (tertiary alicyclic amines) is 2. The first-order valence-corrected chi connectivity index (χ1v) is 11.7. The molecule has 0 radical (unpaired) electrons. The van der Waals surface area contributed by atoms with E-state index in [1.807, 2.05) is 24.4 Å². The Morgan fingerprint density at radius 2 is 1.74 bits per heavy atom. The van der Waals surface area contributed by atoms with Gasteiger partial charge in [0.1, 0.15) is 0 Å². The fourth-order valence-corrected chi connectivity index (χ4v) is 5.29. The maximum Gasteiger partial charge on any atom is 0.254 e. The van der Waals surface area contributed by atoms with Gasteiger partial charge < -0.3 is 4.90 Å². The third-order valence-corrected chi connectivity index (χ3v) is 6.89. The SMILES string of the molecule is O=C(c1ccccc1CN1CCCC1)N1CCCC(Cc2cccc3ncccc23)C1. The minimum atomic E-state index is 0.207. The zero-order valence-corrected chi connectivity index (χ0v) is 18.2. The van der Waals surface area contributed by atoms with Gasteiger partial charge in [-0.15, -0.1) is 0 Å². The molecule has 1 atom stereocenters. The van der Waals surface area contributed by atoms with Gasteiger partial charge in [-0.3, -0.25) is 14.7 Å². The molecule has 3 heterocycles. The van der Waals surface area contributed by atoms with E-state index in [-0.39, 0.29) is 5.91 Å². The molecule has 1 unspecified atom stereocenters. The van der Waals surface area contributed by atoms with Crippen LogP contribution in [0, 0.1) is 5.92 Å². The molecule has 0 bridgehead atoms. The normalized spacial score (nSPS) is 19.7. The summed E-state index contributed by atoms with van der Waals surface area (Å²) in [7, 11) is 0. The van der Waals surface area contributed by atoms with Gasteiger partial charge in [0.2, 0.25) is 0 Å². The molecule has 2 aliphatic heterocycles. The van der Waals surface area contributed by atoms with Gasteiger partial charge in [0.25, 0.3) is 5.91 Å². The topological polar surface area (TPSA) is 36.4 Å². The van der Waals surface area contributed by atoms with Crippen LogP contribution < -0.4 is 0 Å². The predicted octanol–water partition coefficient (Wildman–Crippen LogP) is 4.93. The number of pyridine rings is 1. The van der Waals surface area contributed by atoms with Crippen molar-refractivity contribution in [3.8, 4) is 0 Å². The van der Waals surface area contributed by atoms with Gasteiger partial charge in [-0.05, 0) is 80.4 Å². The molecule has 0 spiro atoms. The van der Waals surface area contributed by atoms with Crippen LogP contribution in [0.25, 0.3) is 10.9 Å². The molecule has 3 aromatic rings. The predicted molar refractivity (Wildman–Crippen MR) is 125 cm³/mol. The summed E-state index contributed by atoms with van der Waals surface area (Å²) in [6.45, 7) is 4.89. The number of hydrogen-bond donors (Lipinski definition) is 0. The lowest BCUT2D eigenvalue weighted by atomic mass is 9.89. The highest BCUT2D eigenvalue weighted by molar-refractivity contribution is 5.95. The number of benzene rings is 2. The summed E-state index contributed by atoms with van der Waals surface area (Å²) in [5.41, 5.74) is 4.47. The van der Waals surface area contributed by atoms with Crippen molar-refractivity contribution in [3.63, 3.8) is 0 Å². The van der Waals surface area contributed by atoms with Gasteiger partial charge in [0.15, 0.2) is 0 Å². The van der Waals surface area contributed by atoms with Gasteiger partial charge in [-0.25, -0.2) is 0 Å². The molecule has 2 saturated heterocycles. The molecular formula is C27H31N3O. The van der Waals surface area contributed by atoms with E-state index in [2.05, 4.69) is 51.2 Å². The monoisotopic (exact) mass is 413 g/mol. The Morgan fingerprint density at radius 3 is 2.65 bits per heavy atom. The van der Waals surface area contributed by atoms with E-state index in [9.17, 15) is 4.79 Å².